The number of rotatable bonds is 4. The Kier molecular flexibility index (Phi) is 4.92. The second-order valence-electron chi connectivity index (χ2n) is 5.76. The first-order chi connectivity index (χ1) is 11.7. The van der Waals surface area contributed by atoms with E-state index in [1.54, 1.807) is 0 Å². The van der Waals surface area contributed by atoms with Crippen molar-refractivity contribution in [1.82, 2.24) is 9.88 Å². The van der Waals surface area contributed by atoms with Gasteiger partial charge in [0.2, 0.25) is 0 Å². The molecule has 1 saturated heterocycles. The lowest BCUT2D eigenvalue weighted by Gasteiger charge is -2.35. The van der Waals surface area contributed by atoms with Crippen LogP contribution in [0.4, 0.5) is 21.6 Å². The largest absolute Gasteiger partial charge is 0.369 e. The molecule has 6 heteroatoms. The zero-order chi connectivity index (χ0) is 16.9. The Labute approximate surface area is 141 Å². The number of piperazine rings is 1. The van der Waals surface area contributed by atoms with Crippen molar-refractivity contribution in [2.24, 2.45) is 0 Å². The number of likely N-dealkylation sites (N-methyl/N-ethyl adjacent to an activating group) is 1. The first-order valence-electron chi connectivity index (χ1n) is 8.09. The molecular formula is C18H20FN5. The molecule has 1 aliphatic rings. The molecule has 5 nitrogen and oxygen atoms in total. The summed E-state index contributed by atoms with van der Waals surface area (Å²) in [5.74, 6) is -0.410. The highest BCUT2D eigenvalue weighted by Crippen LogP contribution is 2.22. The van der Waals surface area contributed by atoms with E-state index in [9.17, 15) is 4.39 Å². The SMILES string of the molecule is CCN1CCN(c2ccc(Nc3ncc(C#N)cc3F)cc2)CC1. The predicted octanol–water partition coefficient (Wildman–Crippen LogP) is 2.98. The van der Waals surface area contributed by atoms with Gasteiger partial charge in [0.25, 0.3) is 0 Å². The first kappa shape index (κ1) is 16.2. The number of halogens is 1. The molecule has 1 aliphatic heterocycles. The molecule has 0 bridgehead atoms. The smallest absolute Gasteiger partial charge is 0.167 e. The summed E-state index contributed by atoms with van der Waals surface area (Å²) in [4.78, 5) is 8.74. The molecule has 1 fully saturated rings. The van der Waals surface area contributed by atoms with E-state index in [0.717, 1.165) is 38.4 Å². The van der Waals surface area contributed by atoms with Gasteiger partial charge < -0.3 is 15.1 Å². The molecule has 0 spiro atoms. The molecule has 1 aromatic carbocycles. The van der Waals surface area contributed by atoms with E-state index in [1.807, 2.05) is 30.3 Å². The van der Waals surface area contributed by atoms with Crippen molar-refractivity contribution in [2.75, 3.05) is 42.9 Å². The molecule has 1 aromatic heterocycles. The normalized spacial score (nSPS) is 15.1. The van der Waals surface area contributed by atoms with Crippen molar-refractivity contribution in [1.29, 1.82) is 5.26 Å². The summed E-state index contributed by atoms with van der Waals surface area (Å²) in [6, 6.07) is 10.9. The summed E-state index contributed by atoms with van der Waals surface area (Å²) in [5.41, 5.74) is 2.14. The summed E-state index contributed by atoms with van der Waals surface area (Å²) in [6.45, 7) is 7.49. The van der Waals surface area contributed by atoms with Crippen LogP contribution in [0.5, 0.6) is 0 Å². The highest BCUT2D eigenvalue weighted by atomic mass is 19.1. The van der Waals surface area contributed by atoms with Crippen molar-refractivity contribution in [3.05, 3.63) is 47.9 Å². The summed E-state index contributed by atoms with van der Waals surface area (Å²) in [7, 11) is 0. The van der Waals surface area contributed by atoms with Crippen LogP contribution in [0.25, 0.3) is 0 Å². The minimum atomic E-state index is -0.534. The molecule has 3 rings (SSSR count). The molecule has 0 atom stereocenters. The van der Waals surface area contributed by atoms with Crippen LogP contribution in [-0.2, 0) is 0 Å². The number of benzene rings is 1. The predicted molar refractivity (Wildman–Crippen MR) is 93.0 cm³/mol. The fourth-order valence-electron chi connectivity index (χ4n) is 2.81. The number of nitrogens with zero attached hydrogens (tertiary/aromatic N) is 4. The van der Waals surface area contributed by atoms with E-state index >= 15 is 0 Å². The number of nitriles is 1. The third kappa shape index (κ3) is 3.63. The maximum Gasteiger partial charge on any atom is 0.167 e. The lowest BCUT2D eigenvalue weighted by molar-refractivity contribution is 0.271. The van der Waals surface area contributed by atoms with Crippen molar-refractivity contribution in [3.63, 3.8) is 0 Å². The molecule has 24 heavy (non-hydrogen) atoms. The molecule has 1 N–H and O–H groups in total. The number of pyridine rings is 1. The molecule has 0 amide bonds. The molecule has 124 valence electrons. The topological polar surface area (TPSA) is 55.2 Å². The maximum atomic E-state index is 13.9. The molecule has 2 aromatic rings. The van der Waals surface area contributed by atoms with Crippen molar-refractivity contribution in [2.45, 2.75) is 6.92 Å². The fraction of sp³-hybridized carbons (Fsp3) is 0.333. The standard InChI is InChI=1S/C18H20FN5/c1-2-23-7-9-24(10-8-23)16-5-3-15(4-6-16)22-18-17(19)11-14(12-20)13-21-18/h3-6,11,13H,2,7-10H2,1H3,(H,21,22). The van der Waals surface area contributed by atoms with E-state index in [1.165, 1.54) is 18.0 Å². The number of aromatic nitrogens is 1. The van der Waals surface area contributed by atoms with Crippen LogP contribution in [0.15, 0.2) is 36.5 Å². The van der Waals surface area contributed by atoms with Crippen molar-refractivity contribution in [3.8, 4) is 6.07 Å². The van der Waals surface area contributed by atoms with E-state index in [2.05, 4.69) is 27.0 Å². The van der Waals surface area contributed by atoms with Crippen LogP contribution in [0.1, 0.15) is 12.5 Å². The minimum absolute atomic E-state index is 0.123. The Balaban J connectivity index is 1.66. The van der Waals surface area contributed by atoms with Gasteiger partial charge in [-0.05, 0) is 36.9 Å². The zero-order valence-corrected chi connectivity index (χ0v) is 13.7. The van der Waals surface area contributed by atoms with Crippen molar-refractivity contribution >= 4 is 17.2 Å². The number of nitrogens with one attached hydrogen (secondary N) is 1. The monoisotopic (exact) mass is 325 g/mol. The average molecular weight is 325 g/mol. The van der Waals surface area contributed by atoms with Crippen LogP contribution in [0, 0.1) is 17.1 Å². The highest BCUT2D eigenvalue weighted by Gasteiger charge is 2.15. The third-order valence-electron chi connectivity index (χ3n) is 4.28. The second-order valence-corrected chi connectivity index (χ2v) is 5.76. The van der Waals surface area contributed by atoms with E-state index in [4.69, 9.17) is 5.26 Å². The average Bonchev–Trinajstić information content (AvgIpc) is 2.64. The van der Waals surface area contributed by atoms with Gasteiger partial charge in [-0.2, -0.15) is 5.26 Å². The minimum Gasteiger partial charge on any atom is -0.369 e. The third-order valence-corrected chi connectivity index (χ3v) is 4.28. The lowest BCUT2D eigenvalue weighted by Crippen LogP contribution is -2.46. The molecule has 2 heterocycles. The Morgan fingerprint density at radius 3 is 2.50 bits per heavy atom. The van der Waals surface area contributed by atoms with Gasteiger partial charge in [0.15, 0.2) is 11.6 Å². The van der Waals surface area contributed by atoms with E-state index in [0.29, 0.717) is 0 Å². The Morgan fingerprint density at radius 2 is 1.92 bits per heavy atom. The summed E-state index contributed by atoms with van der Waals surface area (Å²) in [6.07, 6.45) is 1.35. The molecule has 0 radical (unpaired) electrons. The number of anilines is 3. The Bertz CT molecular complexity index is 730. The molecule has 0 saturated carbocycles. The van der Waals surface area contributed by atoms with Crippen molar-refractivity contribution < 1.29 is 4.39 Å². The zero-order valence-electron chi connectivity index (χ0n) is 13.7. The number of hydrogen-bond acceptors (Lipinski definition) is 5. The molecule has 0 unspecified atom stereocenters. The second kappa shape index (κ2) is 7.28. The Morgan fingerprint density at radius 1 is 1.21 bits per heavy atom. The van der Waals surface area contributed by atoms with Gasteiger partial charge in [0, 0.05) is 43.8 Å². The van der Waals surface area contributed by atoms with Crippen LogP contribution in [0.2, 0.25) is 0 Å². The van der Waals surface area contributed by atoms with Gasteiger partial charge in [0.05, 0.1) is 5.56 Å². The summed E-state index contributed by atoms with van der Waals surface area (Å²) in [5, 5.41) is 11.7. The lowest BCUT2D eigenvalue weighted by atomic mass is 10.2. The fourth-order valence-corrected chi connectivity index (χ4v) is 2.81. The first-order valence-corrected chi connectivity index (χ1v) is 8.09. The van der Waals surface area contributed by atoms with Gasteiger partial charge in [0.1, 0.15) is 6.07 Å². The van der Waals surface area contributed by atoms with Crippen LogP contribution in [-0.4, -0.2) is 42.6 Å². The maximum absolute atomic E-state index is 13.9. The van der Waals surface area contributed by atoms with Crippen LogP contribution >= 0.6 is 0 Å². The van der Waals surface area contributed by atoms with Gasteiger partial charge >= 0.3 is 0 Å². The van der Waals surface area contributed by atoms with Gasteiger partial charge in [-0.3, -0.25) is 0 Å². The van der Waals surface area contributed by atoms with Crippen LogP contribution < -0.4 is 10.2 Å². The van der Waals surface area contributed by atoms with Gasteiger partial charge in [-0.15, -0.1) is 0 Å². The Hall–Kier alpha value is -2.65. The molecular weight excluding hydrogens is 305 g/mol. The summed E-state index contributed by atoms with van der Waals surface area (Å²) < 4.78 is 13.9. The van der Waals surface area contributed by atoms with Crippen LogP contribution in [0.3, 0.4) is 0 Å². The van der Waals surface area contributed by atoms with Gasteiger partial charge in [-0.1, -0.05) is 6.92 Å². The molecule has 0 aliphatic carbocycles. The quantitative estimate of drug-likeness (QED) is 0.936. The number of hydrogen-bond donors (Lipinski definition) is 1. The summed E-state index contributed by atoms with van der Waals surface area (Å²) >= 11 is 0. The van der Waals surface area contributed by atoms with E-state index in [-0.39, 0.29) is 11.4 Å². The van der Waals surface area contributed by atoms with E-state index < -0.39 is 5.82 Å². The highest BCUT2D eigenvalue weighted by molar-refractivity contribution is 5.61. The van der Waals surface area contributed by atoms with Gasteiger partial charge in [-0.25, -0.2) is 9.37 Å².